The maximum Gasteiger partial charge on any atom is 0.330 e. The van der Waals surface area contributed by atoms with Gasteiger partial charge in [-0.1, -0.05) is 17.8 Å². The lowest BCUT2D eigenvalue weighted by Gasteiger charge is -2.11. The van der Waals surface area contributed by atoms with E-state index < -0.39 is 17.0 Å². The minimum atomic E-state index is -0.734. The van der Waals surface area contributed by atoms with Crippen LogP contribution in [0, 0.1) is 0 Å². The average molecular weight is 445 g/mol. The number of thiophene rings is 1. The molecular weight excluding hydrogens is 424 g/mol. The summed E-state index contributed by atoms with van der Waals surface area (Å²) in [7, 11) is 0. The van der Waals surface area contributed by atoms with Gasteiger partial charge in [-0.05, 0) is 37.1 Å². The van der Waals surface area contributed by atoms with E-state index in [1.54, 1.807) is 11.3 Å². The maximum atomic E-state index is 12.8. The molecule has 3 aromatic rings. The molecule has 5 rings (SSSR count). The summed E-state index contributed by atoms with van der Waals surface area (Å²) in [6, 6.07) is 4.40. The van der Waals surface area contributed by atoms with Crippen molar-refractivity contribution in [2.45, 2.75) is 49.3 Å². The van der Waals surface area contributed by atoms with Crippen LogP contribution in [0.15, 0.2) is 32.3 Å². The van der Waals surface area contributed by atoms with Gasteiger partial charge in [0.05, 0.1) is 5.75 Å². The number of hydrogen-bond donors (Lipinski definition) is 2. The summed E-state index contributed by atoms with van der Waals surface area (Å²) in [6.45, 7) is 0. The first-order chi connectivity index (χ1) is 14.5. The first-order valence-corrected chi connectivity index (χ1v) is 11.7. The van der Waals surface area contributed by atoms with E-state index >= 15 is 0 Å². The second-order valence-electron chi connectivity index (χ2n) is 7.59. The molecule has 156 valence electrons. The van der Waals surface area contributed by atoms with Gasteiger partial charge < -0.3 is 10.3 Å². The number of aromatic amines is 1. The number of nitrogens with zero attached hydrogens (tertiary/aromatic N) is 4. The number of thioether (sulfide) groups is 1. The normalized spacial score (nSPS) is 16.1. The van der Waals surface area contributed by atoms with E-state index in [2.05, 4.69) is 25.8 Å². The molecule has 0 atom stereocenters. The van der Waals surface area contributed by atoms with Crippen molar-refractivity contribution in [2.24, 2.45) is 0 Å². The van der Waals surface area contributed by atoms with Crippen LogP contribution in [-0.4, -0.2) is 35.9 Å². The van der Waals surface area contributed by atoms with Gasteiger partial charge in [0.1, 0.15) is 17.2 Å². The van der Waals surface area contributed by atoms with Gasteiger partial charge in [0.2, 0.25) is 0 Å². The molecule has 3 N–H and O–H groups in total. The number of ketones is 1. The first kappa shape index (κ1) is 19.3. The van der Waals surface area contributed by atoms with Gasteiger partial charge in [-0.15, -0.1) is 21.5 Å². The summed E-state index contributed by atoms with van der Waals surface area (Å²) in [5.41, 5.74) is 4.60. The molecule has 0 amide bonds. The highest BCUT2D eigenvalue weighted by Gasteiger charge is 2.32. The molecule has 0 aromatic carbocycles. The molecule has 2 aliphatic rings. The summed E-state index contributed by atoms with van der Waals surface area (Å²) in [5.74, 6) is 0.423. The topological polar surface area (TPSA) is 129 Å². The number of H-pyrrole nitrogens is 1. The molecule has 2 aliphatic carbocycles. The number of Topliss-reactive ketones (excluding diaryl/α,β-unsaturated/α-hetero) is 1. The van der Waals surface area contributed by atoms with E-state index in [9.17, 15) is 14.4 Å². The van der Waals surface area contributed by atoms with Crippen molar-refractivity contribution in [2.75, 3.05) is 11.5 Å². The molecule has 3 aromatic heterocycles. The Hall–Kier alpha value is -2.66. The van der Waals surface area contributed by atoms with Gasteiger partial charge >= 0.3 is 5.69 Å². The lowest BCUT2D eigenvalue weighted by molar-refractivity contribution is 0.102. The molecule has 0 saturated heterocycles. The van der Waals surface area contributed by atoms with Crippen molar-refractivity contribution < 1.29 is 4.79 Å². The summed E-state index contributed by atoms with van der Waals surface area (Å²) in [6.07, 6.45) is 4.46. The minimum Gasteiger partial charge on any atom is -0.384 e. The summed E-state index contributed by atoms with van der Waals surface area (Å²) < 4.78 is 3.43. The number of nitrogens with two attached hydrogens (primary N) is 1. The Balaban J connectivity index is 1.38. The lowest BCUT2D eigenvalue weighted by atomic mass is 10.2. The van der Waals surface area contributed by atoms with Crippen LogP contribution in [0.2, 0.25) is 0 Å². The van der Waals surface area contributed by atoms with Gasteiger partial charge in [-0.3, -0.25) is 19.1 Å². The number of carbonyl (C=O) groups excluding carboxylic acids is 1. The van der Waals surface area contributed by atoms with Crippen molar-refractivity contribution in [3.8, 4) is 0 Å². The van der Waals surface area contributed by atoms with E-state index in [1.165, 1.54) is 21.2 Å². The summed E-state index contributed by atoms with van der Waals surface area (Å²) in [5, 5.41) is 11.3. The van der Waals surface area contributed by atoms with Gasteiger partial charge in [0.25, 0.3) is 5.56 Å². The Morgan fingerprint density at radius 2 is 1.93 bits per heavy atom. The van der Waals surface area contributed by atoms with Crippen LogP contribution < -0.4 is 17.0 Å². The molecule has 2 saturated carbocycles. The van der Waals surface area contributed by atoms with Crippen LogP contribution in [0.5, 0.6) is 0 Å². The number of aromatic nitrogens is 5. The van der Waals surface area contributed by atoms with E-state index in [4.69, 9.17) is 5.73 Å². The molecule has 3 heterocycles. The summed E-state index contributed by atoms with van der Waals surface area (Å²) in [4.78, 5) is 40.6. The highest BCUT2D eigenvalue weighted by atomic mass is 32.2. The number of nitrogens with one attached hydrogen (secondary N) is 1. The number of nitrogen functional groups attached to an aromatic ring is 1. The van der Waals surface area contributed by atoms with Crippen molar-refractivity contribution in [3.05, 3.63) is 54.6 Å². The number of anilines is 1. The Morgan fingerprint density at radius 3 is 2.60 bits per heavy atom. The van der Waals surface area contributed by atoms with Gasteiger partial charge in [-0.2, -0.15) is 0 Å². The second-order valence-corrected chi connectivity index (χ2v) is 9.56. The van der Waals surface area contributed by atoms with Crippen molar-refractivity contribution in [3.63, 3.8) is 0 Å². The SMILES string of the molecule is Nc1c(C(=O)CSc2nnc(Cc3cccs3)n2C2CC2)c(=O)[nH]c(=O)n1C1CC1. The molecule has 0 aliphatic heterocycles. The van der Waals surface area contributed by atoms with E-state index in [1.807, 2.05) is 11.4 Å². The van der Waals surface area contributed by atoms with Crippen molar-refractivity contribution in [1.29, 1.82) is 0 Å². The molecule has 11 heteroatoms. The Bertz CT molecular complexity index is 1220. The molecule has 9 nitrogen and oxygen atoms in total. The van der Waals surface area contributed by atoms with E-state index in [0.717, 1.165) is 31.5 Å². The summed E-state index contributed by atoms with van der Waals surface area (Å²) >= 11 is 2.93. The first-order valence-electron chi connectivity index (χ1n) is 9.79. The molecular formula is C19H20N6O3S2. The van der Waals surface area contributed by atoms with E-state index in [0.29, 0.717) is 17.6 Å². The van der Waals surface area contributed by atoms with E-state index in [-0.39, 0.29) is 23.2 Å². The highest BCUT2D eigenvalue weighted by molar-refractivity contribution is 7.99. The highest BCUT2D eigenvalue weighted by Crippen LogP contribution is 2.39. The van der Waals surface area contributed by atoms with Crippen LogP contribution in [0.4, 0.5) is 5.82 Å². The Morgan fingerprint density at radius 1 is 1.20 bits per heavy atom. The zero-order valence-corrected chi connectivity index (χ0v) is 17.7. The van der Waals surface area contributed by atoms with Crippen LogP contribution in [0.25, 0.3) is 0 Å². The van der Waals surface area contributed by atoms with Crippen LogP contribution in [0.3, 0.4) is 0 Å². The Labute approximate surface area is 179 Å². The molecule has 0 spiro atoms. The van der Waals surface area contributed by atoms with Crippen molar-refractivity contribution in [1.82, 2.24) is 24.3 Å². The van der Waals surface area contributed by atoms with Crippen LogP contribution in [-0.2, 0) is 6.42 Å². The largest absolute Gasteiger partial charge is 0.384 e. The molecule has 0 bridgehead atoms. The average Bonchev–Trinajstić information content (AvgIpc) is 3.62. The monoisotopic (exact) mass is 444 g/mol. The van der Waals surface area contributed by atoms with Crippen LogP contribution in [0.1, 0.15) is 58.8 Å². The second kappa shape index (κ2) is 7.55. The molecule has 30 heavy (non-hydrogen) atoms. The lowest BCUT2D eigenvalue weighted by Crippen LogP contribution is -2.36. The smallest absolute Gasteiger partial charge is 0.330 e. The van der Waals surface area contributed by atoms with Crippen LogP contribution >= 0.6 is 23.1 Å². The molecule has 0 radical (unpaired) electrons. The van der Waals surface area contributed by atoms with Gasteiger partial charge in [0, 0.05) is 23.4 Å². The predicted octanol–water partition coefficient (Wildman–Crippen LogP) is 2.01. The number of rotatable bonds is 8. The fraction of sp³-hybridized carbons (Fsp3) is 0.421. The number of hydrogen-bond acceptors (Lipinski definition) is 8. The third-order valence-electron chi connectivity index (χ3n) is 5.26. The van der Waals surface area contributed by atoms with Gasteiger partial charge in [0.15, 0.2) is 10.9 Å². The molecule has 0 unspecified atom stereocenters. The minimum absolute atomic E-state index is 0.00000575. The Kier molecular flexibility index (Phi) is 4.86. The predicted molar refractivity (Wildman–Crippen MR) is 114 cm³/mol. The quantitative estimate of drug-likeness (QED) is 0.402. The maximum absolute atomic E-state index is 12.8. The van der Waals surface area contributed by atoms with Crippen molar-refractivity contribution >= 4 is 34.7 Å². The number of carbonyl (C=O) groups is 1. The standard InChI is InChI=1S/C19H20N6O3S2/c20-16-15(17(27)21-18(28)25(16)11-5-6-11)13(26)9-30-19-23-22-14(24(19)10-3-4-10)8-12-2-1-7-29-12/h1-2,7,10-11H,3-6,8-9,20H2,(H,21,27,28). The fourth-order valence-electron chi connectivity index (χ4n) is 3.53. The third kappa shape index (κ3) is 3.63. The third-order valence-corrected chi connectivity index (χ3v) is 7.08. The van der Waals surface area contributed by atoms with Gasteiger partial charge in [-0.25, -0.2) is 4.79 Å². The fourth-order valence-corrected chi connectivity index (χ4v) is 5.13. The zero-order valence-electron chi connectivity index (χ0n) is 16.0. The zero-order chi connectivity index (χ0) is 20.8. The molecule has 2 fully saturated rings.